The minimum atomic E-state index is -0.232. The lowest BCUT2D eigenvalue weighted by atomic mass is 10.2. The fourth-order valence-electron chi connectivity index (χ4n) is 2.87. The predicted octanol–water partition coefficient (Wildman–Crippen LogP) is 1.88. The Labute approximate surface area is 129 Å². The standard InChI is InChI=1S/C17H18N4O/c18-13-14-6-7-16(15-5-1-2-8-19-15)21(17(14)22)12-11-20-9-3-4-10-20/h1-2,5-8H,3-4,9-12H2. The number of aromatic nitrogens is 2. The second-order valence-electron chi connectivity index (χ2n) is 5.46. The van der Waals surface area contributed by atoms with Crippen LogP contribution in [0.5, 0.6) is 0 Å². The summed E-state index contributed by atoms with van der Waals surface area (Å²) >= 11 is 0. The second kappa shape index (κ2) is 6.54. The van der Waals surface area contributed by atoms with Crippen LogP contribution in [0.2, 0.25) is 0 Å². The number of hydrogen-bond donors (Lipinski definition) is 0. The van der Waals surface area contributed by atoms with E-state index < -0.39 is 0 Å². The smallest absolute Gasteiger partial charge is 0.269 e. The van der Waals surface area contributed by atoms with Gasteiger partial charge in [0.05, 0.1) is 11.4 Å². The van der Waals surface area contributed by atoms with Crippen molar-refractivity contribution in [2.45, 2.75) is 19.4 Å². The van der Waals surface area contributed by atoms with Gasteiger partial charge in [0.2, 0.25) is 0 Å². The Balaban J connectivity index is 1.97. The van der Waals surface area contributed by atoms with E-state index in [0.717, 1.165) is 31.0 Å². The van der Waals surface area contributed by atoms with Gasteiger partial charge in [-0.3, -0.25) is 9.78 Å². The van der Waals surface area contributed by atoms with E-state index in [1.807, 2.05) is 30.3 Å². The molecule has 0 spiro atoms. The van der Waals surface area contributed by atoms with Crippen LogP contribution in [0.4, 0.5) is 0 Å². The normalized spacial score (nSPS) is 14.9. The van der Waals surface area contributed by atoms with Crippen molar-refractivity contribution in [3.63, 3.8) is 0 Å². The molecule has 5 nitrogen and oxygen atoms in total. The van der Waals surface area contributed by atoms with Crippen molar-refractivity contribution in [3.8, 4) is 17.5 Å². The summed E-state index contributed by atoms with van der Waals surface area (Å²) in [6.07, 6.45) is 4.16. The van der Waals surface area contributed by atoms with Gasteiger partial charge in [-0.2, -0.15) is 5.26 Å². The Morgan fingerprint density at radius 1 is 1.14 bits per heavy atom. The van der Waals surface area contributed by atoms with Crippen LogP contribution in [0.25, 0.3) is 11.4 Å². The highest BCUT2D eigenvalue weighted by Gasteiger charge is 2.15. The molecule has 2 aromatic rings. The van der Waals surface area contributed by atoms with Crippen molar-refractivity contribution in [3.05, 3.63) is 52.4 Å². The lowest BCUT2D eigenvalue weighted by molar-refractivity contribution is 0.321. The van der Waals surface area contributed by atoms with Gasteiger partial charge in [-0.05, 0) is 50.2 Å². The third-order valence-electron chi connectivity index (χ3n) is 4.06. The number of likely N-dealkylation sites (tertiary alicyclic amines) is 1. The summed E-state index contributed by atoms with van der Waals surface area (Å²) in [5, 5.41) is 9.09. The summed E-state index contributed by atoms with van der Waals surface area (Å²) in [5.74, 6) is 0. The monoisotopic (exact) mass is 294 g/mol. The Bertz CT molecular complexity index is 739. The van der Waals surface area contributed by atoms with Crippen LogP contribution < -0.4 is 5.56 Å². The topological polar surface area (TPSA) is 61.9 Å². The number of nitrogens with zero attached hydrogens (tertiary/aromatic N) is 4. The summed E-state index contributed by atoms with van der Waals surface area (Å²) in [7, 11) is 0. The highest BCUT2D eigenvalue weighted by Crippen LogP contribution is 2.16. The van der Waals surface area contributed by atoms with Crippen LogP contribution in [0.1, 0.15) is 18.4 Å². The molecule has 0 aromatic carbocycles. The second-order valence-corrected chi connectivity index (χ2v) is 5.46. The van der Waals surface area contributed by atoms with E-state index in [1.165, 1.54) is 12.8 Å². The molecule has 0 unspecified atom stereocenters. The highest BCUT2D eigenvalue weighted by molar-refractivity contribution is 5.55. The first-order valence-electron chi connectivity index (χ1n) is 7.57. The average molecular weight is 294 g/mol. The molecule has 2 aromatic heterocycles. The van der Waals surface area contributed by atoms with E-state index >= 15 is 0 Å². The Hall–Kier alpha value is -2.45. The third kappa shape index (κ3) is 2.92. The molecule has 0 saturated carbocycles. The first-order valence-corrected chi connectivity index (χ1v) is 7.57. The molecule has 112 valence electrons. The van der Waals surface area contributed by atoms with Gasteiger partial charge in [-0.1, -0.05) is 6.07 Å². The molecule has 1 aliphatic heterocycles. The molecule has 1 aliphatic rings. The van der Waals surface area contributed by atoms with Crippen LogP contribution >= 0.6 is 0 Å². The van der Waals surface area contributed by atoms with Crippen LogP contribution in [-0.4, -0.2) is 34.1 Å². The van der Waals surface area contributed by atoms with Crippen molar-refractivity contribution in [2.75, 3.05) is 19.6 Å². The minimum absolute atomic E-state index is 0.182. The molecule has 0 radical (unpaired) electrons. The summed E-state index contributed by atoms with van der Waals surface area (Å²) in [6.45, 7) is 3.59. The van der Waals surface area contributed by atoms with E-state index in [2.05, 4.69) is 9.88 Å². The van der Waals surface area contributed by atoms with Crippen molar-refractivity contribution in [1.82, 2.24) is 14.5 Å². The first kappa shape index (κ1) is 14.5. The zero-order chi connectivity index (χ0) is 15.4. The Morgan fingerprint density at radius 3 is 2.64 bits per heavy atom. The largest absolute Gasteiger partial charge is 0.304 e. The molecule has 0 bridgehead atoms. The van der Waals surface area contributed by atoms with Gasteiger partial charge >= 0.3 is 0 Å². The molecule has 1 saturated heterocycles. The molecule has 0 N–H and O–H groups in total. The zero-order valence-electron chi connectivity index (χ0n) is 12.4. The van der Waals surface area contributed by atoms with Crippen LogP contribution in [0.3, 0.4) is 0 Å². The highest BCUT2D eigenvalue weighted by atomic mass is 16.1. The van der Waals surface area contributed by atoms with Crippen molar-refractivity contribution >= 4 is 0 Å². The van der Waals surface area contributed by atoms with Crippen molar-refractivity contribution in [1.29, 1.82) is 5.26 Å². The lowest BCUT2D eigenvalue weighted by Gasteiger charge is -2.18. The molecular weight excluding hydrogens is 276 g/mol. The lowest BCUT2D eigenvalue weighted by Crippen LogP contribution is -2.31. The maximum absolute atomic E-state index is 12.5. The van der Waals surface area contributed by atoms with Gasteiger partial charge in [-0.15, -0.1) is 0 Å². The van der Waals surface area contributed by atoms with Crippen molar-refractivity contribution < 1.29 is 0 Å². The van der Waals surface area contributed by atoms with Crippen LogP contribution in [0, 0.1) is 11.3 Å². The van der Waals surface area contributed by atoms with E-state index in [1.54, 1.807) is 16.8 Å². The summed E-state index contributed by atoms with van der Waals surface area (Å²) in [5.41, 5.74) is 1.47. The Kier molecular flexibility index (Phi) is 4.31. The molecule has 1 fully saturated rings. The first-order chi connectivity index (χ1) is 10.8. The maximum atomic E-state index is 12.5. The molecule has 0 atom stereocenters. The number of rotatable bonds is 4. The van der Waals surface area contributed by atoms with Gasteiger partial charge in [0.25, 0.3) is 5.56 Å². The van der Waals surface area contributed by atoms with Gasteiger partial charge in [0.1, 0.15) is 11.6 Å². The van der Waals surface area contributed by atoms with Crippen LogP contribution in [-0.2, 0) is 6.54 Å². The van der Waals surface area contributed by atoms with Gasteiger partial charge in [0.15, 0.2) is 0 Å². The van der Waals surface area contributed by atoms with Gasteiger partial charge in [-0.25, -0.2) is 0 Å². The Morgan fingerprint density at radius 2 is 1.95 bits per heavy atom. The van der Waals surface area contributed by atoms with E-state index in [4.69, 9.17) is 5.26 Å². The van der Waals surface area contributed by atoms with Gasteiger partial charge < -0.3 is 9.47 Å². The maximum Gasteiger partial charge on any atom is 0.269 e. The molecule has 0 amide bonds. The number of pyridine rings is 2. The predicted molar refractivity (Wildman–Crippen MR) is 84.3 cm³/mol. The van der Waals surface area contributed by atoms with E-state index in [-0.39, 0.29) is 11.1 Å². The summed E-state index contributed by atoms with van der Waals surface area (Å²) in [4.78, 5) is 19.2. The molecule has 3 heterocycles. The quantitative estimate of drug-likeness (QED) is 0.863. The third-order valence-corrected chi connectivity index (χ3v) is 4.06. The zero-order valence-corrected chi connectivity index (χ0v) is 12.4. The fraction of sp³-hybridized carbons (Fsp3) is 0.353. The van der Waals surface area contributed by atoms with E-state index in [0.29, 0.717) is 6.54 Å². The average Bonchev–Trinajstić information content (AvgIpc) is 3.07. The summed E-state index contributed by atoms with van der Waals surface area (Å²) < 4.78 is 1.68. The molecule has 22 heavy (non-hydrogen) atoms. The molecule has 3 rings (SSSR count). The minimum Gasteiger partial charge on any atom is -0.304 e. The number of nitriles is 1. The van der Waals surface area contributed by atoms with Gasteiger partial charge in [0, 0.05) is 19.3 Å². The van der Waals surface area contributed by atoms with Crippen LogP contribution in [0.15, 0.2) is 41.3 Å². The number of hydrogen-bond acceptors (Lipinski definition) is 4. The molecular formula is C17H18N4O. The van der Waals surface area contributed by atoms with E-state index in [9.17, 15) is 4.79 Å². The van der Waals surface area contributed by atoms with Crippen molar-refractivity contribution in [2.24, 2.45) is 0 Å². The molecule has 5 heteroatoms. The SMILES string of the molecule is N#Cc1ccc(-c2ccccn2)n(CCN2CCCC2)c1=O. The fourth-order valence-corrected chi connectivity index (χ4v) is 2.87. The molecule has 0 aliphatic carbocycles. The summed E-state index contributed by atoms with van der Waals surface area (Å²) in [6, 6.07) is 11.0.